The molecule has 2 fully saturated rings. The van der Waals surface area contributed by atoms with Gasteiger partial charge in [0, 0.05) is 24.7 Å². The fourth-order valence-corrected chi connectivity index (χ4v) is 3.73. The van der Waals surface area contributed by atoms with E-state index < -0.39 is 0 Å². The Morgan fingerprint density at radius 2 is 2.16 bits per heavy atom. The van der Waals surface area contributed by atoms with Gasteiger partial charge in [-0.1, -0.05) is 6.42 Å². The van der Waals surface area contributed by atoms with Gasteiger partial charge in [0.15, 0.2) is 0 Å². The lowest BCUT2D eigenvalue weighted by Crippen LogP contribution is -2.38. The number of nitrogens with zero attached hydrogens (tertiary/aromatic N) is 2. The van der Waals surface area contributed by atoms with Crippen molar-refractivity contribution in [1.82, 2.24) is 9.88 Å². The molecule has 1 N–H and O–H groups in total. The highest BCUT2D eigenvalue weighted by molar-refractivity contribution is 5.11. The lowest BCUT2D eigenvalue weighted by atomic mass is 9.94. The van der Waals surface area contributed by atoms with Crippen LogP contribution in [0.1, 0.15) is 37.7 Å². The molecule has 0 aromatic carbocycles. The predicted octanol–water partition coefficient (Wildman–Crippen LogP) is 2.35. The molecule has 1 saturated heterocycles. The van der Waals surface area contributed by atoms with Crippen molar-refractivity contribution in [2.24, 2.45) is 5.92 Å². The average Bonchev–Trinajstić information content (AvgIpc) is 2.98. The van der Waals surface area contributed by atoms with E-state index in [-0.39, 0.29) is 11.9 Å². The summed E-state index contributed by atoms with van der Waals surface area (Å²) in [5, 5.41) is 10.1. The van der Waals surface area contributed by atoms with Crippen LogP contribution in [-0.4, -0.2) is 33.7 Å². The van der Waals surface area contributed by atoms with E-state index in [0.717, 1.165) is 44.3 Å². The highest BCUT2D eigenvalue weighted by atomic mass is 19.1. The number of likely N-dealkylation sites (tertiary alicyclic amines) is 1. The van der Waals surface area contributed by atoms with Crippen LogP contribution in [0.3, 0.4) is 0 Å². The van der Waals surface area contributed by atoms with E-state index in [4.69, 9.17) is 0 Å². The molecular weight excluding hydrogens is 243 g/mol. The first kappa shape index (κ1) is 13.0. The van der Waals surface area contributed by atoms with Crippen LogP contribution < -0.4 is 0 Å². The summed E-state index contributed by atoms with van der Waals surface area (Å²) < 4.78 is 13.2. The number of aliphatic hydroxyl groups excluding tert-OH is 1. The quantitative estimate of drug-likeness (QED) is 0.910. The molecule has 1 aliphatic heterocycles. The molecule has 4 heteroatoms. The summed E-state index contributed by atoms with van der Waals surface area (Å²) in [5.74, 6) is 0.137. The number of aliphatic hydroxyl groups is 1. The summed E-state index contributed by atoms with van der Waals surface area (Å²) >= 11 is 0. The van der Waals surface area contributed by atoms with E-state index in [9.17, 15) is 9.50 Å². The third kappa shape index (κ3) is 2.79. The molecule has 3 atom stereocenters. The van der Waals surface area contributed by atoms with Crippen LogP contribution in [0.5, 0.6) is 0 Å². The van der Waals surface area contributed by atoms with Crippen molar-refractivity contribution in [3.63, 3.8) is 0 Å². The minimum Gasteiger partial charge on any atom is -0.393 e. The average molecular weight is 264 g/mol. The Labute approximate surface area is 113 Å². The lowest BCUT2D eigenvalue weighted by molar-refractivity contribution is 0.0718. The molecule has 2 aliphatic rings. The minimum atomic E-state index is -0.269. The molecule has 3 nitrogen and oxygen atoms in total. The maximum Gasteiger partial charge on any atom is 0.141 e. The number of hydrogen-bond donors (Lipinski definition) is 1. The van der Waals surface area contributed by atoms with Crippen molar-refractivity contribution in [3.05, 3.63) is 29.8 Å². The van der Waals surface area contributed by atoms with Crippen LogP contribution >= 0.6 is 0 Å². The Hall–Kier alpha value is -1.00. The van der Waals surface area contributed by atoms with E-state index in [1.54, 1.807) is 12.3 Å². The molecule has 1 aromatic rings. The first-order valence-electron chi connectivity index (χ1n) is 7.25. The van der Waals surface area contributed by atoms with E-state index in [2.05, 4.69) is 9.88 Å². The highest BCUT2D eigenvalue weighted by Crippen LogP contribution is 2.36. The maximum absolute atomic E-state index is 13.2. The van der Waals surface area contributed by atoms with Crippen LogP contribution in [0.25, 0.3) is 0 Å². The van der Waals surface area contributed by atoms with Crippen LogP contribution in [0.2, 0.25) is 0 Å². The molecule has 1 aromatic heterocycles. The van der Waals surface area contributed by atoms with Gasteiger partial charge < -0.3 is 5.11 Å². The van der Waals surface area contributed by atoms with Gasteiger partial charge in [-0.2, -0.15) is 0 Å². The van der Waals surface area contributed by atoms with Gasteiger partial charge in [-0.25, -0.2) is 4.39 Å². The summed E-state index contributed by atoms with van der Waals surface area (Å²) in [6.07, 6.45) is 8.38. The number of pyridine rings is 1. The second-order valence-electron chi connectivity index (χ2n) is 5.85. The van der Waals surface area contributed by atoms with Gasteiger partial charge in [0.1, 0.15) is 5.82 Å². The number of hydrogen-bond acceptors (Lipinski definition) is 3. The molecule has 0 amide bonds. The summed E-state index contributed by atoms with van der Waals surface area (Å²) in [5.41, 5.74) is 0.930. The smallest absolute Gasteiger partial charge is 0.141 e. The Balaban J connectivity index is 1.69. The zero-order valence-corrected chi connectivity index (χ0v) is 11.1. The predicted molar refractivity (Wildman–Crippen MR) is 71.0 cm³/mol. The number of halogens is 1. The van der Waals surface area contributed by atoms with Crippen LogP contribution in [0.15, 0.2) is 18.5 Å². The third-order valence-corrected chi connectivity index (χ3v) is 4.59. The van der Waals surface area contributed by atoms with E-state index in [0.29, 0.717) is 12.0 Å². The molecule has 104 valence electrons. The van der Waals surface area contributed by atoms with Gasteiger partial charge in [0.25, 0.3) is 0 Å². The molecule has 2 heterocycles. The normalized spacial score (nSPS) is 32.0. The monoisotopic (exact) mass is 264 g/mol. The fraction of sp³-hybridized carbons (Fsp3) is 0.667. The second kappa shape index (κ2) is 5.55. The first-order valence-corrected chi connectivity index (χ1v) is 7.25. The van der Waals surface area contributed by atoms with Gasteiger partial charge in [-0.05, 0) is 43.9 Å². The zero-order chi connectivity index (χ0) is 13.2. The van der Waals surface area contributed by atoms with Crippen LogP contribution in [0.4, 0.5) is 4.39 Å². The topological polar surface area (TPSA) is 36.4 Å². The molecule has 0 spiro atoms. The molecule has 19 heavy (non-hydrogen) atoms. The molecule has 1 aliphatic carbocycles. The van der Waals surface area contributed by atoms with Gasteiger partial charge in [0.2, 0.25) is 0 Å². The van der Waals surface area contributed by atoms with Gasteiger partial charge in [0.05, 0.1) is 12.3 Å². The van der Waals surface area contributed by atoms with Gasteiger partial charge in [-0.3, -0.25) is 9.88 Å². The SMILES string of the molecule is OC1CCCC1C1CCCN1Cc1cncc(F)c1. The molecule has 3 rings (SSSR count). The van der Waals surface area contributed by atoms with E-state index in [1.807, 2.05) is 0 Å². The van der Waals surface area contributed by atoms with Crippen LogP contribution in [0, 0.1) is 11.7 Å². The van der Waals surface area contributed by atoms with Crippen LogP contribution in [-0.2, 0) is 6.54 Å². The number of aromatic nitrogens is 1. The Bertz CT molecular complexity index is 440. The van der Waals surface area contributed by atoms with Crippen molar-refractivity contribution in [2.45, 2.75) is 50.8 Å². The molecule has 3 unspecified atom stereocenters. The first-order chi connectivity index (χ1) is 9.24. The zero-order valence-electron chi connectivity index (χ0n) is 11.1. The number of rotatable bonds is 3. The second-order valence-corrected chi connectivity index (χ2v) is 5.85. The lowest BCUT2D eigenvalue weighted by Gasteiger charge is -2.31. The third-order valence-electron chi connectivity index (χ3n) is 4.59. The molecule has 1 saturated carbocycles. The highest BCUT2D eigenvalue weighted by Gasteiger charge is 2.37. The minimum absolute atomic E-state index is 0.142. The van der Waals surface area contributed by atoms with Crippen molar-refractivity contribution in [3.8, 4) is 0 Å². The van der Waals surface area contributed by atoms with Gasteiger partial charge in [-0.15, -0.1) is 0 Å². The van der Waals surface area contributed by atoms with Crippen molar-refractivity contribution >= 4 is 0 Å². The molecular formula is C15H21FN2O. The summed E-state index contributed by atoms with van der Waals surface area (Å²) in [7, 11) is 0. The van der Waals surface area contributed by atoms with Crippen molar-refractivity contribution in [1.29, 1.82) is 0 Å². The Kier molecular flexibility index (Phi) is 3.80. The van der Waals surface area contributed by atoms with Gasteiger partial charge >= 0.3 is 0 Å². The maximum atomic E-state index is 13.2. The largest absolute Gasteiger partial charge is 0.393 e. The van der Waals surface area contributed by atoms with E-state index >= 15 is 0 Å². The summed E-state index contributed by atoms with van der Waals surface area (Å²) in [6.45, 7) is 1.79. The summed E-state index contributed by atoms with van der Waals surface area (Å²) in [6, 6.07) is 2.02. The molecule has 0 radical (unpaired) electrons. The fourth-order valence-electron chi connectivity index (χ4n) is 3.73. The van der Waals surface area contributed by atoms with Crippen molar-refractivity contribution in [2.75, 3.05) is 6.54 Å². The van der Waals surface area contributed by atoms with Crippen molar-refractivity contribution < 1.29 is 9.50 Å². The Morgan fingerprint density at radius 1 is 1.26 bits per heavy atom. The van der Waals surface area contributed by atoms with E-state index in [1.165, 1.54) is 12.6 Å². The molecule has 0 bridgehead atoms. The standard InChI is InChI=1S/C15H21FN2O/c16-12-7-11(8-17-9-12)10-18-6-2-4-14(18)13-3-1-5-15(13)19/h7-9,13-15,19H,1-6,10H2. The Morgan fingerprint density at radius 3 is 2.89 bits per heavy atom. The summed E-state index contributed by atoms with van der Waals surface area (Å²) in [4.78, 5) is 6.31.